The van der Waals surface area contributed by atoms with Gasteiger partial charge in [0.2, 0.25) is 11.9 Å². The Balaban J connectivity index is 1.76. The number of amides is 1. The summed E-state index contributed by atoms with van der Waals surface area (Å²) in [6, 6.07) is 15.0. The van der Waals surface area contributed by atoms with Gasteiger partial charge in [0.1, 0.15) is 5.82 Å². The summed E-state index contributed by atoms with van der Waals surface area (Å²) in [7, 11) is 0. The van der Waals surface area contributed by atoms with Gasteiger partial charge in [0, 0.05) is 40.8 Å². The number of anilines is 5. The van der Waals surface area contributed by atoms with Crippen molar-refractivity contribution in [2.75, 3.05) is 16.0 Å². The van der Waals surface area contributed by atoms with Crippen molar-refractivity contribution in [3.8, 4) is 0 Å². The predicted octanol–water partition coefficient (Wildman–Crippen LogP) is 5.19. The van der Waals surface area contributed by atoms with Crippen molar-refractivity contribution >= 4 is 46.3 Å². The molecule has 27 heavy (non-hydrogen) atoms. The molecule has 3 N–H and O–H groups in total. The summed E-state index contributed by atoms with van der Waals surface area (Å²) in [5.74, 6) is 1.03. The minimum absolute atomic E-state index is 0.107. The summed E-state index contributed by atoms with van der Waals surface area (Å²) in [6.07, 6.45) is 0. The van der Waals surface area contributed by atoms with Crippen LogP contribution in [0.4, 0.5) is 28.8 Å². The Kier molecular flexibility index (Phi) is 5.57. The lowest BCUT2D eigenvalue weighted by atomic mass is 10.2. The minimum atomic E-state index is -0.107. The van der Waals surface area contributed by atoms with E-state index in [9.17, 15) is 4.79 Å². The largest absolute Gasteiger partial charge is 0.340 e. The number of benzene rings is 2. The third-order valence-corrected chi connectivity index (χ3v) is 4.17. The van der Waals surface area contributed by atoms with Gasteiger partial charge in [-0.15, -0.1) is 0 Å². The third-order valence-electron chi connectivity index (χ3n) is 3.76. The molecule has 0 aliphatic carbocycles. The lowest BCUT2D eigenvalue weighted by Gasteiger charge is -2.11. The molecular weight excluding hydrogens is 362 g/mol. The monoisotopic (exact) mass is 381 g/mol. The first kappa shape index (κ1) is 18.7. The molecule has 1 heterocycles. The number of rotatable bonds is 5. The summed E-state index contributed by atoms with van der Waals surface area (Å²) in [6.45, 7) is 5.34. The normalized spacial score (nSPS) is 10.4. The average molecular weight is 382 g/mol. The molecule has 0 spiro atoms. The van der Waals surface area contributed by atoms with Crippen LogP contribution >= 0.6 is 11.6 Å². The molecule has 0 aliphatic rings. The SMILES string of the molecule is CC(=O)Nc1ccc(Nc2nc(C)cc(Nc3ccc(C)c(Cl)c3)n2)cc1. The summed E-state index contributed by atoms with van der Waals surface area (Å²) in [5.41, 5.74) is 4.25. The van der Waals surface area contributed by atoms with Crippen molar-refractivity contribution in [1.29, 1.82) is 0 Å². The highest BCUT2D eigenvalue weighted by atomic mass is 35.5. The molecule has 0 fully saturated rings. The molecule has 7 heteroatoms. The second kappa shape index (κ2) is 8.05. The smallest absolute Gasteiger partial charge is 0.229 e. The van der Waals surface area contributed by atoms with Gasteiger partial charge in [0.25, 0.3) is 0 Å². The van der Waals surface area contributed by atoms with Gasteiger partial charge in [-0.05, 0) is 55.8 Å². The molecule has 0 saturated carbocycles. The highest BCUT2D eigenvalue weighted by Gasteiger charge is 2.05. The fourth-order valence-electron chi connectivity index (χ4n) is 2.48. The molecule has 138 valence electrons. The molecule has 3 aromatic rings. The third kappa shape index (κ3) is 5.18. The van der Waals surface area contributed by atoms with Gasteiger partial charge in [-0.3, -0.25) is 4.79 Å². The molecule has 0 bridgehead atoms. The molecule has 2 aromatic carbocycles. The first-order valence-corrected chi connectivity index (χ1v) is 8.80. The van der Waals surface area contributed by atoms with Crippen LogP contribution < -0.4 is 16.0 Å². The van der Waals surface area contributed by atoms with Crippen LogP contribution in [0, 0.1) is 13.8 Å². The van der Waals surface area contributed by atoms with Crippen LogP contribution in [-0.2, 0) is 4.79 Å². The second-order valence-electron chi connectivity index (χ2n) is 6.19. The van der Waals surface area contributed by atoms with E-state index in [-0.39, 0.29) is 5.91 Å². The summed E-state index contributed by atoms with van der Waals surface area (Å²) in [5, 5.41) is 9.85. The maximum absolute atomic E-state index is 11.1. The fourth-order valence-corrected chi connectivity index (χ4v) is 2.66. The van der Waals surface area contributed by atoms with Crippen LogP contribution in [0.15, 0.2) is 48.5 Å². The maximum atomic E-state index is 11.1. The molecule has 0 unspecified atom stereocenters. The van der Waals surface area contributed by atoms with Crippen LogP contribution in [-0.4, -0.2) is 15.9 Å². The first-order valence-electron chi connectivity index (χ1n) is 8.42. The highest BCUT2D eigenvalue weighted by molar-refractivity contribution is 6.31. The number of hydrogen-bond donors (Lipinski definition) is 3. The Bertz CT molecular complexity index is 973. The van der Waals surface area contributed by atoms with E-state index in [1.165, 1.54) is 6.92 Å². The van der Waals surface area contributed by atoms with Crippen molar-refractivity contribution in [3.63, 3.8) is 0 Å². The molecule has 6 nitrogen and oxygen atoms in total. The van der Waals surface area contributed by atoms with E-state index in [2.05, 4.69) is 25.9 Å². The number of nitrogens with zero attached hydrogens (tertiary/aromatic N) is 2. The Labute approximate surface area is 163 Å². The zero-order chi connectivity index (χ0) is 19.4. The van der Waals surface area contributed by atoms with Crippen molar-refractivity contribution in [3.05, 3.63) is 64.8 Å². The van der Waals surface area contributed by atoms with E-state index in [4.69, 9.17) is 11.6 Å². The lowest BCUT2D eigenvalue weighted by molar-refractivity contribution is -0.114. The Morgan fingerprint density at radius 2 is 1.56 bits per heavy atom. The molecule has 1 amide bonds. The van der Waals surface area contributed by atoms with Crippen molar-refractivity contribution in [2.45, 2.75) is 20.8 Å². The number of carbonyl (C=O) groups is 1. The summed E-state index contributed by atoms with van der Waals surface area (Å²) in [4.78, 5) is 20.0. The molecule has 0 aliphatic heterocycles. The standard InChI is InChI=1S/C20H20ClN5O/c1-12-4-5-17(11-18(12)21)24-19-10-13(2)22-20(26-19)25-16-8-6-15(7-9-16)23-14(3)27/h4-11H,1-3H3,(H,23,27)(H2,22,24,25,26). The molecule has 3 rings (SSSR count). The van der Waals surface area contributed by atoms with Gasteiger partial charge >= 0.3 is 0 Å². The second-order valence-corrected chi connectivity index (χ2v) is 6.60. The quantitative estimate of drug-likeness (QED) is 0.566. The number of hydrogen-bond acceptors (Lipinski definition) is 5. The summed E-state index contributed by atoms with van der Waals surface area (Å²) < 4.78 is 0. The zero-order valence-electron chi connectivity index (χ0n) is 15.3. The van der Waals surface area contributed by atoms with Gasteiger partial charge in [0.05, 0.1) is 0 Å². The van der Waals surface area contributed by atoms with Crippen LogP contribution in [0.25, 0.3) is 0 Å². The van der Waals surface area contributed by atoms with E-state index >= 15 is 0 Å². The first-order chi connectivity index (χ1) is 12.9. The van der Waals surface area contributed by atoms with Crippen LogP contribution in [0.5, 0.6) is 0 Å². The molecular formula is C20H20ClN5O. The van der Waals surface area contributed by atoms with Crippen LogP contribution in [0.3, 0.4) is 0 Å². The number of carbonyl (C=O) groups excluding carboxylic acids is 1. The van der Waals surface area contributed by atoms with E-state index < -0.39 is 0 Å². The Morgan fingerprint density at radius 3 is 2.22 bits per heavy atom. The Hall–Kier alpha value is -3.12. The van der Waals surface area contributed by atoms with Crippen molar-refractivity contribution in [1.82, 2.24) is 9.97 Å². The van der Waals surface area contributed by atoms with Crippen LogP contribution in [0.1, 0.15) is 18.2 Å². The summed E-state index contributed by atoms with van der Waals surface area (Å²) >= 11 is 6.18. The van der Waals surface area contributed by atoms with Crippen molar-refractivity contribution in [2.24, 2.45) is 0 Å². The number of halogens is 1. The average Bonchev–Trinajstić information content (AvgIpc) is 2.59. The number of aromatic nitrogens is 2. The van der Waals surface area contributed by atoms with E-state index in [1.54, 1.807) is 0 Å². The zero-order valence-corrected chi connectivity index (χ0v) is 16.1. The topological polar surface area (TPSA) is 78.9 Å². The Morgan fingerprint density at radius 1 is 0.889 bits per heavy atom. The number of nitrogens with one attached hydrogen (secondary N) is 3. The molecule has 1 aromatic heterocycles. The van der Waals surface area contributed by atoms with E-state index in [1.807, 2.05) is 62.4 Å². The number of aryl methyl sites for hydroxylation is 2. The molecule has 0 radical (unpaired) electrons. The van der Waals surface area contributed by atoms with Crippen molar-refractivity contribution < 1.29 is 4.79 Å². The van der Waals surface area contributed by atoms with Gasteiger partial charge in [0.15, 0.2) is 0 Å². The van der Waals surface area contributed by atoms with Gasteiger partial charge in [-0.2, -0.15) is 4.98 Å². The molecule has 0 saturated heterocycles. The van der Waals surface area contributed by atoms with E-state index in [0.29, 0.717) is 16.8 Å². The predicted molar refractivity (Wildman–Crippen MR) is 110 cm³/mol. The van der Waals surface area contributed by atoms with Gasteiger partial charge in [-0.1, -0.05) is 17.7 Å². The highest BCUT2D eigenvalue weighted by Crippen LogP contribution is 2.24. The van der Waals surface area contributed by atoms with Gasteiger partial charge in [-0.25, -0.2) is 4.98 Å². The fraction of sp³-hybridized carbons (Fsp3) is 0.150. The van der Waals surface area contributed by atoms with Crippen LogP contribution in [0.2, 0.25) is 5.02 Å². The maximum Gasteiger partial charge on any atom is 0.229 e. The van der Waals surface area contributed by atoms with E-state index in [0.717, 1.165) is 28.3 Å². The minimum Gasteiger partial charge on any atom is -0.340 e. The molecule has 0 atom stereocenters. The van der Waals surface area contributed by atoms with Gasteiger partial charge < -0.3 is 16.0 Å². The lowest BCUT2D eigenvalue weighted by Crippen LogP contribution is -2.06.